The van der Waals surface area contributed by atoms with Gasteiger partial charge in [0.1, 0.15) is 102 Å². The molecule has 15 unspecified atom stereocenters. The van der Waals surface area contributed by atoms with Gasteiger partial charge in [0.05, 0.1) is 27.4 Å². The van der Waals surface area contributed by atoms with Crippen LogP contribution in [0, 0.1) is 0 Å². The van der Waals surface area contributed by atoms with Crippen molar-refractivity contribution in [2.75, 3.05) is 34.0 Å². The molecule has 0 amide bonds. The van der Waals surface area contributed by atoms with Gasteiger partial charge in [-0.15, -0.1) is 0 Å². The molecule has 0 saturated carbocycles. The molecule has 3 saturated heterocycles. The van der Waals surface area contributed by atoms with Crippen LogP contribution in [0.5, 0.6) is 40.2 Å². The van der Waals surface area contributed by atoms with E-state index in [2.05, 4.69) is 0 Å². The molecule has 3 fully saturated rings. The first-order valence-electron chi connectivity index (χ1n) is 20.9. The minimum absolute atomic E-state index is 0.0190. The summed E-state index contributed by atoms with van der Waals surface area (Å²) in [6, 6.07) is 9.70. The number of rotatable bonds is 15. The van der Waals surface area contributed by atoms with Gasteiger partial charge in [0.25, 0.3) is 0 Å². The number of hydrogen-bond donors (Lipinski definition) is 13. The second-order valence-electron chi connectivity index (χ2n) is 15.9. The lowest BCUT2D eigenvalue weighted by molar-refractivity contribution is -0.358. The van der Waals surface area contributed by atoms with Crippen LogP contribution in [0.4, 0.5) is 0 Å². The molecule has 25 nitrogen and oxygen atoms in total. The maximum Gasteiger partial charge on any atom is 0.330 e. The first-order chi connectivity index (χ1) is 32.9. The second kappa shape index (κ2) is 21.4. The molecular weight excluding hydrogens is 928 g/mol. The Labute approximate surface area is 388 Å². The average Bonchev–Trinajstić information content (AvgIpc) is 3.33. The van der Waals surface area contributed by atoms with Crippen LogP contribution in [-0.4, -0.2) is 199 Å². The van der Waals surface area contributed by atoms with Gasteiger partial charge >= 0.3 is 5.97 Å². The van der Waals surface area contributed by atoms with E-state index in [0.717, 1.165) is 18.2 Å². The summed E-state index contributed by atoms with van der Waals surface area (Å²) in [7, 11) is 2.59. The highest BCUT2D eigenvalue weighted by molar-refractivity contribution is 5.89. The number of hydrogen-bond acceptors (Lipinski definition) is 25. The smallest absolute Gasteiger partial charge is 0.330 e. The topological polar surface area (TPSA) is 393 Å². The van der Waals surface area contributed by atoms with E-state index in [1.54, 1.807) is 0 Å². The van der Waals surface area contributed by atoms with Crippen LogP contribution in [0.3, 0.4) is 0 Å². The van der Waals surface area contributed by atoms with Gasteiger partial charge < -0.3 is 113 Å². The van der Waals surface area contributed by atoms with Gasteiger partial charge in [-0.1, -0.05) is 0 Å². The van der Waals surface area contributed by atoms with E-state index in [0.29, 0.717) is 5.56 Å². The predicted octanol–water partition coefficient (Wildman–Crippen LogP) is -2.96. The highest BCUT2D eigenvalue weighted by Crippen LogP contribution is 2.40. The van der Waals surface area contributed by atoms with Crippen molar-refractivity contribution in [3.8, 4) is 51.6 Å². The zero-order chi connectivity index (χ0) is 50.0. The van der Waals surface area contributed by atoms with Crippen molar-refractivity contribution >= 4 is 23.0 Å². The molecule has 0 bridgehead atoms. The maximum atomic E-state index is 14.6. The lowest BCUT2D eigenvalue weighted by Crippen LogP contribution is -2.65. The molecule has 1 aromatic heterocycles. The van der Waals surface area contributed by atoms with Gasteiger partial charge in [-0.05, 0) is 48.0 Å². The fourth-order valence-corrected chi connectivity index (χ4v) is 7.65. The zero-order valence-corrected chi connectivity index (χ0v) is 36.3. The first-order valence-corrected chi connectivity index (χ1v) is 20.9. The Morgan fingerprint density at radius 1 is 0.667 bits per heavy atom. The predicted molar refractivity (Wildman–Crippen MR) is 227 cm³/mol. The molecule has 25 heteroatoms. The Kier molecular flexibility index (Phi) is 15.8. The van der Waals surface area contributed by atoms with E-state index < -0.39 is 152 Å². The summed E-state index contributed by atoms with van der Waals surface area (Å²) in [4.78, 5) is 27.6. The molecule has 69 heavy (non-hydrogen) atoms. The van der Waals surface area contributed by atoms with Gasteiger partial charge in [-0.25, -0.2) is 4.79 Å². The third-order valence-corrected chi connectivity index (χ3v) is 11.5. The van der Waals surface area contributed by atoms with Gasteiger partial charge in [0, 0.05) is 23.8 Å². The van der Waals surface area contributed by atoms with Crippen LogP contribution in [-0.2, 0) is 28.5 Å². The number of carbonyl (C=O) groups excluding carboxylic acids is 1. The Bertz CT molecular complexity index is 2480. The number of ether oxygens (including phenoxy) is 9. The van der Waals surface area contributed by atoms with Crippen LogP contribution in [0.25, 0.3) is 28.4 Å². The number of fused-ring (bicyclic) bond motifs is 1. The van der Waals surface area contributed by atoms with Gasteiger partial charge in [0.2, 0.25) is 29.5 Å². The quantitative estimate of drug-likeness (QED) is 0.0418. The normalized spacial score (nSPS) is 31.6. The summed E-state index contributed by atoms with van der Waals surface area (Å²) in [6.07, 6.45) is -25.7. The standard InChI is InChI=1S/C44H50O25/c1-60-22-9-16(10-23(61-2)29(22)50)3-8-27(49)62-15-26-32(53)36(57)41(69-43-38(59)35(56)31(52)25(14-46)66-43)44(67-26)68-40-33(54)28-20(48)11-19(63-42-37(58)34(55)30(51)24(13-45)65-42)12-21(28)64-39(40)17-4-6-18(47)7-5-17/h3-12,24-26,30-32,34-38,41-48,50-53,55-59H,13-15H2,1-2H3. The van der Waals surface area contributed by atoms with Gasteiger partial charge in [0.15, 0.2) is 29.7 Å². The number of carbonyl (C=O) groups is 1. The van der Waals surface area contributed by atoms with E-state index in [-0.39, 0.29) is 34.3 Å². The molecule has 4 heterocycles. The Hall–Kier alpha value is -5.88. The molecule has 3 aliphatic rings. The number of aliphatic hydroxyl groups excluding tert-OH is 10. The van der Waals surface area contributed by atoms with Crippen molar-refractivity contribution < 1.29 is 118 Å². The molecule has 13 N–H and O–H groups in total. The highest BCUT2D eigenvalue weighted by atomic mass is 16.8. The van der Waals surface area contributed by atoms with Crippen molar-refractivity contribution in [3.63, 3.8) is 0 Å². The van der Waals surface area contributed by atoms with Crippen LogP contribution in [0.1, 0.15) is 5.56 Å². The van der Waals surface area contributed by atoms with Crippen molar-refractivity contribution in [2.24, 2.45) is 0 Å². The Balaban J connectivity index is 1.24. The third-order valence-electron chi connectivity index (χ3n) is 11.5. The molecule has 3 aromatic carbocycles. The van der Waals surface area contributed by atoms with E-state index in [4.69, 9.17) is 47.0 Å². The number of esters is 1. The largest absolute Gasteiger partial charge is 0.508 e. The van der Waals surface area contributed by atoms with E-state index in [9.17, 15) is 76.0 Å². The SMILES string of the molecule is COc1cc(C=CC(=O)OCC2OC(Oc3c(-c4ccc(O)cc4)oc4cc(OC5OC(CO)C(O)C(O)C5O)cc(O)c4c3=O)C(OC3OC(CO)C(O)C(O)C3O)C(O)C2O)cc(OC)c1O. The van der Waals surface area contributed by atoms with Crippen molar-refractivity contribution in [1.29, 1.82) is 0 Å². The molecule has 0 radical (unpaired) electrons. The fourth-order valence-electron chi connectivity index (χ4n) is 7.65. The fraction of sp³-hybridized carbons (Fsp3) is 0.455. The van der Waals surface area contributed by atoms with E-state index in [1.807, 2.05) is 0 Å². The summed E-state index contributed by atoms with van der Waals surface area (Å²) >= 11 is 0. The van der Waals surface area contributed by atoms with Gasteiger partial charge in [-0.2, -0.15) is 0 Å². The minimum atomic E-state index is -2.15. The lowest BCUT2D eigenvalue weighted by atomic mass is 9.97. The number of phenolic OH excluding ortho intramolecular Hbond substituents is 3. The zero-order valence-electron chi connectivity index (χ0n) is 36.3. The molecule has 0 spiro atoms. The van der Waals surface area contributed by atoms with Crippen LogP contribution >= 0.6 is 0 Å². The number of phenols is 3. The lowest BCUT2D eigenvalue weighted by Gasteiger charge is -2.45. The molecule has 7 rings (SSSR count). The molecule has 376 valence electrons. The van der Waals surface area contributed by atoms with E-state index in [1.165, 1.54) is 56.7 Å². The molecular formula is C44H50O25. The summed E-state index contributed by atoms with van der Waals surface area (Å²) in [5.74, 6) is -3.90. The number of aromatic hydroxyl groups is 3. The molecule has 0 aliphatic carbocycles. The highest BCUT2D eigenvalue weighted by Gasteiger charge is 2.52. The monoisotopic (exact) mass is 978 g/mol. The summed E-state index contributed by atoms with van der Waals surface area (Å²) in [5.41, 5.74) is -1.22. The van der Waals surface area contributed by atoms with Crippen LogP contribution in [0.2, 0.25) is 0 Å². The third kappa shape index (κ3) is 10.5. The number of methoxy groups -OCH3 is 2. The molecule has 3 aliphatic heterocycles. The minimum Gasteiger partial charge on any atom is -0.508 e. The Morgan fingerprint density at radius 3 is 1.83 bits per heavy atom. The van der Waals surface area contributed by atoms with Crippen molar-refractivity contribution in [1.82, 2.24) is 0 Å². The van der Waals surface area contributed by atoms with Crippen molar-refractivity contribution in [3.05, 3.63) is 70.4 Å². The summed E-state index contributed by atoms with van der Waals surface area (Å²) in [6.45, 7) is -2.49. The summed E-state index contributed by atoms with van der Waals surface area (Å²) in [5, 5.41) is 136. The summed E-state index contributed by atoms with van der Waals surface area (Å²) < 4.78 is 56.1. The average molecular weight is 979 g/mol. The number of aliphatic hydroxyl groups is 10. The first kappa shape index (κ1) is 51.0. The molecule has 15 atom stereocenters. The van der Waals surface area contributed by atoms with E-state index >= 15 is 0 Å². The van der Waals surface area contributed by atoms with Gasteiger partial charge in [-0.3, -0.25) is 4.79 Å². The number of benzene rings is 3. The second-order valence-corrected chi connectivity index (χ2v) is 15.9. The molecule has 4 aromatic rings. The van der Waals surface area contributed by atoms with Crippen LogP contribution in [0.15, 0.2) is 63.8 Å². The van der Waals surface area contributed by atoms with Crippen molar-refractivity contribution in [2.45, 2.75) is 92.1 Å². The van der Waals surface area contributed by atoms with Crippen LogP contribution < -0.4 is 24.4 Å². The Morgan fingerprint density at radius 2 is 1.23 bits per heavy atom. The maximum absolute atomic E-state index is 14.6.